The van der Waals surface area contributed by atoms with E-state index in [9.17, 15) is 4.79 Å². The second-order valence-corrected chi connectivity index (χ2v) is 6.46. The fraction of sp³-hybridized carbons (Fsp3) is 0.227. The molecule has 4 N–H and O–H groups in total. The maximum absolute atomic E-state index is 11.5. The van der Waals surface area contributed by atoms with E-state index in [0.29, 0.717) is 29.7 Å². The number of carbonyl (C=O) groups is 1. The van der Waals surface area contributed by atoms with Gasteiger partial charge in [0.15, 0.2) is 11.5 Å². The topological polar surface area (TPSA) is 111 Å². The number of nitrogens with one attached hydrogen (secondary N) is 2. The van der Waals surface area contributed by atoms with Crippen LogP contribution in [0.15, 0.2) is 54.7 Å². The van der Waals surface area contributed by atoms with Gasteiger partial charge in [0.1, 0.15) is 0 Å². The summed E-state index contributed by atoms with van der Waals surface area (Å²) in [6.45, 7) is 0.595. The third-order valence-electron chi connectivity index (χ3n) is 4.43. The lowest BCUT2D eigenvalue weighted by Gasteiger charge is -2.10. The first-order valence-electron chi connectivity index (χ1n) is 9.51. The van der Waals surface area contributed by atoms with E-state index in [-0.39, 0.29) is 24.9 Å². The molecule has 1 amide bonds. The normalized spacial score (nSPS) is 10.0. The van der Waals surface area contributed by atoms with Crippen LogP contribution in [-0.2, 0) is 11.2 Å². The Morgan fingerprint density at radius 3 is 2.61 bits per heavy atom. The quantitative estimate of drug-likeness (QED) is 0.465. The van der Waals surface area contributed by atoms with E-state index in [1.54, 1.807) is 26.5 Å². The second-order valence-electron chi connectivity index (χ2n) is 6.46. The van der Waals surface area contributed by atoms with Crippen molar-refractivity contribution in [2.75, 3.05) is 37.9 Å². The fourth-order valence-electron chi connectivity index (χ4n) is 2.93. The van der Waals surface area contributed by atoms with Crippen LogP contribution in [0.25, 0.3) is 11.3 Å². The molecule has 1 aromatic heterocycles. The molecule has 0 aliphatic heterocycles. The average molecular weight is 444 g/mol. The lowest BCUT2D eigenvalue weighted by Crippen LogP contribution is -2.21. The van der Waals surface area contributed by atoms with Crippen LogP contribution < -0.4 is 25.8 Å². The molecule has 0 aliphatic carbocycles. The molecule has 0 unspecified atom stereocenters. The molecule has 0 spiro atoms. The number of nitrogens with two attached hydrogens (primary N) is 1. The highest BCUT2D eigenvalue weighted by molar-refractivity contribution is 5.92. The molecule has 3 aromatic rings. The predicted molar refractivity (Wildman–Crippen MR) is 124 cm³/mol. The van der Waals surface area contributed by atoms with Crippen LogP contribution in [0.2, 0.25) is 0 Å². The molecule has 0 aliphatic rings. The van der Waals surface area contributed by atoms with Gasteiger partial charge in [-0.2, -0.15) is 0 Å². The molecule has 0 fully saturated rings. The van der Waals surface area contributed by atoms with Crippen LogP contribution in [-0.4, -0.2) is 43.2 Å². The van der Waals surface area contributed by atoms with E-state index < -0.39 is 0 Å². The third-order valence-corrected chi connectivity index (χ3v) is 4.43. The number of amides is 1. The number of anilines is 2. The number of benzene rings is 2. The Kier molecular flexibility index (Phi) is 9.05. The van der Waals surface area contributed by atoms with Crippen LogP contribution in [0, 0.1) is 0 Å². The lowest BCUT2D eigenvalue weighted by molar-refractivity contribution is -0.114. The van der Waals surface area contributed by atoms with Crippen LogP contribution >= 0.6 is 12.4 Å². The van der Waals surface area contributed by atoms with E-state index in [2.05, 4.69) is 20.6 Å². The van der Waals surface area contributed by atoms with Gasteiger partial charge < -0.3 is 25.8 Å². The Morgan fingerprint density at radius 1 is 1.06 bits per heavy atom. The zero-order chi connectivity index (χ0) is 21.3. The van der Waals surface area contributed by atoms with E-state index >= 15 is 0 Å². The van der Waals surface area contributed by atoms with Gasteiger partial charge in [0, 0.05) is 24.0 Å². The molecule has 9 heteroatoms. The third kappa shape index (κ3) is 6.56. The van der Waals surface area contributed by atoms with Gasteiger partial charge in [0.2, 0.25) is 11.9 Å². The van der Waals surface area contributed by atoms with Crippen molar-refractivity contribution < 1.29 is 14.3 Å². The number of nitrogens with zero attached hydrogens (tertiary/aromatic N) is 2. The Bertz CT molecular complexity index is 1020. The summed E-state index contributed by atoms with van der Waals surface area (Å²) in [5.41, 5.74) is 8.76. The van der Waals surface area contributed by atoms with Crippen molar-refractivity contribution in [2.45, 2.75) is 6.42 Å². The van der Waals surface area contributed by atoms with Crippen LogP contribution in [0.1, 0.15) is 5.56 Å². The van der Waals surface area contributed by atoms with Gasteiger partial charge >= 0.3 is 0 Å². The molecule has 0 atom stereocenters. The number of methoxy groups -OCH3 is 2. The van der Waals surface area contributed by atoms with Gasteiger partial charge in [-0.1, -0.05) is 18.2 Å². The molecule has 8 nitrogen and oxygen atoms in total. The van der Waals surface area contributed by atoms with Crippen LogP contribution in [0.3, 0.4) is 0 Å². The highest BCUT2D eigenvalue weighted by atomic mass is 35.5. The molecule has 0 radical (unpaired) electrons. The smallest absolute Gasteiger partial charge is 0.238 e. The minimum absolute atomic E-state index is 0. The Balaban J connectivity index is 0.00000341. The molecule has 0 bridgehead atoms. The standard InChI is InChI=1S/C22H25N5O3.ClH/c1-29-19-7-6-15(12-20(19)30-2)8-10-24-22-25-11-9-18(27-22)16-4-3-5-17(13-16)26-21(28)14-23;/h3-7,9,11-13H,8,10,14,23H2,1-2H3,(H,26,28)(H,24,25,27);1H. The molecular weight excluding hydrogens is 418 g/mol. The molecule has 0 saturated carbocycles. The van der Waals surface area contributed by atoms with Crippen molar-refractivity contribution in [1.29, 1.82) is 0 Å². The monoisotopic (exact) mass is 443 g/mol. The fourth-order valence-corrected chi connectivity index (χ4v) is 2.93. The molecule has 1 heterocycles. The Morgan fingerprint density at radius 2 is 1.87 bits per heavy atom. The zero-order valence-corrected chi connectivity index (χ0v) is 18.2. The van der Waals surface area contributed by atoms with Crippen molar-refractivity contribution >= 4 is 29.9 Å². The maximum Gasteiger partial charge on any atom is 0.238 e. The van der Waals surface area contributed by atoms with Gasteiger partial charge in [-0.15, -0.1) is 12.4 Å². The summed E-state index contributed by atoms with van der Waals surface area (Å²) >= 11 is 0. The summed E-state index contributed by atoms with van der Waals surface area (Å²) in [7, 11) is 3.24. The second kappa shape index (κ2) is 11.7. The Hall–Kier alpha value is -3.36. The van der Waals surface area contributed by atoms with E-state index in [4.69, 9.17) is 15.2 Å². The minimum atomic E-state index is -0.243. The molecular formula is C22H26ClN5O3. The summed E-state index contributed by atoms with van der Waals surface area (Å²) in [5.74, 6) is 1.70. The minimum Gasteiger partial charge on any atom is -0.493 e. The largest absolute Gasteiger partial charge is 0.493 e. The van der Waals surface area contributed by atoms with Crippen molar-refractivity contribution in [3.8, 4) is 22.8 Å². The molecule has 164 valence electrons. The SMILES string of the molecule is COc1ccc(CCNc2nccc(-c3cccc(NC(=O)CN)c3)n2)cc1OC.Cl. The average Bonchev–Trinajstić information content (AvgIpc) is 2.79. The lowest BCUT2D eigenvalue weighted by atomic mass is 10.1. The highest BCUT2D eigenvalue weighted by Gasteiger charge is 2.07. The van der Waals surface area contributed by atoms with E-state index in [0.717, 1.165) is 23.2 Å². The van der Waals surface area contributed by atoms with E-state index in [1.165, 1.54) is 0 Å². The molecule has 0 saturated heterocycles. The van der Waals surface area contributed by atoms with Gasteiger partial charge in [-0.05, 0) is 42.3 Å². The number of carbonyl (C=O) groups excluding carboxylic acids is 1. The van der Waals surface area contributed by atoms with Gasteiger partial charge in [0.05, 0.1) is 26.5 Å². The van der Waals surface area contributed by atoms with E-state index in [1.807, 2.05) is 42.5 Å². The number of halogens is 1. The van der Waals surface area contributed by atoms with Crippen molar-refractivity contribution in [3.05, 3.63) is 60.3 Å². The maximum atomic E-state index is 11.5. The number of ether oxygens (including phenoxy) is 2. The summed E-state index contributed by atoms with van der Waals surface area (Å²) in [6.07, 6.45) is 2.47. The van der Waals surface area contributed by atoms with Crippen LogP contribution in [0.4, 0.5) is 11.6 Å². The van der Waals surface area contributed by atoms with Gasteiger partial charge in [-0.25, -0.2) is 9.97 Å². The highest BCUT2D eigenvalue weighted by Crippen LogP contribution is 2.27. The summed E-state index contributed by atoms with van der Waals surface area (Å²) in [4.78, 5) is 20.4. The van der Waals surface area contributed by atoms with Gasteiger partial charge in [0.25, 0.3) is 0 Å². The number of rotatable bonds is 9. The molecule has 3 rings (SSSR count). The summed E-state index contributed by atoms with van der Waals surface area (Å²) < 4.78 is 10.6. The van der Waals surface area contributed by atoms with Crippen molar-refractivity contribution in [1.82, 2.24) is 9.97 Å². The predicted octanol–water partition coefficient (Wildman–Crippen LogP) is 3.13. The summed E-state index contributed by atoms with van der Waals surface area (Å²) in [6, 6.07) is 15.1. The van der Waals surface area contributed by atoms with Crippen LogP contribution in [0.5, 0.6) is 11.5 Å². The Labute approximate surface area is 187 Å². The van der Waals surface area contributed by atoms with Crippen molar-refractivity contribution in [3.63, 3.8) is 0 Å². The zero-order valence-electron chi connectivity index (χ0n) is 17.4. The number of aromatic nitrogens is 2. The first-order chi connectivity index (χ1) is 14.6. The van der Waals surface area contributed by atoms with Crippen molar-refractivity contribution in [2.24, 2.45) is 5.73 Å². The molecule has 31 heavy (non-hydrogen) atoms. The van der Waals surface area contributed by atoms with Gasteiger partial charge in [-0.3, -0.25) is 4.79 Å². The first kappa shape index (κ1) is 23.9. The number of hydrogen-bond donors (Lipinski definition) is 3. The summed E-state index contributed by atoms with van der Waals surface area (Å²) in [5, 5.41) is 5.99. The molecule has 2 aromatic carbocycles. The number of hydrogen-bond acceptors (Lipinski definition) is 7. The first-order valence-corrected chi connectivity index (χ1v) is 9.51.